The summed E-state index contributed by atoms with van der Waals surface area (Å²) in [5.41, 5.74) is 4.10. The van der Waals surface area contributed by atoms with Crippen molar-refractivity contribution in [1.29, 1.82) is 0 Å². The maximum absolute atomic E-state index is 5.15. The van der Waals surface area contributed by atoms with E-state index in [1.807, 2.05) is 6.92 Å². The number of rotatable bonds is 0. The summed E-state index contributed by atoms with van der Waals surface area (Å²) in [5.74, 6) is 0.963. The van der Waals surface area contributed by atoms with Gasteiger partial charge in [-0.05, 0) is 24.5 Å². The molecule has 0 radical (unpaired) electrons. The molecule has 2 heteroatoms. The quantitative estimate of drug-likeness (QED) is 0.584. The zero-order chi connectivity index (χ0) is 8.72. The topological polar surface area (TPSA) is 26.0 Å². The lowest BCUT2D eigenvalue weighted by Gasteiger charge is -2.14. The molecular formula is C10H11NO. The first-order chi connectivity index (χ1) is 5.70. The maximum atomic E-state index is 5.15. The molecule has 1 aromatic rings. The van der Waals surface area contributed by atoms with Gasteiger partial charge in [-0.3, -0.25) is 0 Å². The summed E-state index contributed by atoms with van der Waals surface area (Å²) in [6.45, 7) is 9.85. The summed E-state index contributed by atoms with van der Waals surface area (Å²) < 4.78 is 5.15. The Morgan fingerprint density at radius 1 is 1.33 bits per heavy atom. The van der Waals surface area contributed by atoms with Crippen LogP contribution in [0.5, 0.6) is 0 Å². The fourth-order valence-electron chi connectivity index (χ4n) is 1.57. The first kappa shape index (κ1) is 7.35. The van der Waals surface area contributed by atoms with Crippen LogP contribution in [0.25, 0.3) is 5.57 Å². The van der Waals surface area contributed by atoms with E-state index in [4.69, 9.17) is 4.52 Å². The number of nitrogens with zero attached hydrogens (tertiary/aromatic N) is 1. The fourth-order valence-corrected chi connectivity index (χ4v) is 1.57. The summed E-state index contributed by atoms with van der Waals surface area (Å²) in [4.78, 5) is 0. The molecule has 0 bridgehead atoms. The van der Waals surface area contributed by atoms with E-state index in [0.717, 1.165) is 41.0 Å². The molecule has 0 N–H and O–H groups in total. The first-order valence-electron chi connectivity index (χ1n) is 4.02. The lowest BCUT2D eigenvalue weighted by Crippen LogP contribution is -2.01. The van der Waals surface area contributed by atoms with Crippen LogP contribution < -0.4 is 0 Å². The zero-order valence-corrected chi connectivity index (χ0v) is 7.18. The van der Waals surface area contributed by atoms with Crippen LogP contribution in [0.2, 0.25) is 0 Å². The number of hydrogen-bond donors (Lipinski definition) is 0. The number of hydrogen-bond acceptors (Lipinski definition) is 2. The van der Waals surface area contributed by atoms with Crippen molar-refractivity contribution >= 4 is 5.57 Å². The van der Waals surface area contributed by atoms with E-state index < -0.39 is 0 Å². The Kier molecular flexibility index (Phi) is 1.43. The number of aromatic nitrogens is 1. The van der Waals surface area contributed by atoms with Crippen LogP contribution in [0, 0.1) is 6.92 Å². The van der Waals surface area contributed by atoms with E-state index >= 15 is 0 Å². The molecule has 0 aliphatic heterocycles. The van der Waals surface area contributed by atoms with Crippen LogP contribution in [-0.4, -0.2) is 5.16 Å². The van der Waals surface area contributed by atoms with E-state index in [9.17, 15) is 0 Å². The molecule has 0 unspecified atom stereocenters. The molecule has 0 aromatic carbocycles. The van der Waals surface area contributed by atoms with Crippen molar-refractivity contribution < 1.29 is 4.52 Å². The van der Waals surface area contributed by atoms with Crippen molar-refractivity contribution in [3.8, 4) is 0 Å². The van der Waals surface area contributed by atoms with E-state index in [-0.39, 0.29) is 0 Å². The van der Waals surface area contributed by atoms with Crippen LogP contribution >= 0.6 is 0 Å². The molecule has 1 aliphatic carbocycles. The van der Waals surface area contributed by atoms with Gasteiger partial charge in [-0.25, -0.2) is 0 Å². The summed E-state index contributed by atoms with van der Waals surface area (Å²) in [6.07, 6.45) is 1.86. The van der Waals surface area contributed by atoms with Gasteiger partial charge < -0.3 is 4.52 Å². The third kappa shape index (κ3) is 0.843. The lowest BCUT2D eigenvalue weighted by atomic mass is 9.89. The molecule has 2 rings (SSSR count). The van der Waals surface area contributed by atoms with Crippen molar-refractivity contribution in [1.82, 2.24) is 5.16 Å². The molecule has 0 spiro atoms. The predicted octanol–water partition coefficient (Wildman–Crippen LogP) is 2.50. The van der Waals surface area contributed by atoms with Gasteiger partial charge in [-0.1, -0.05) is 18.3 Å². The normalized spacial score (nSPS) is 16.4. The zero-order valence-electron chi connectivity index (χ0n) is 7.18. The second kappa shape index (κ2) is 2.34. The summed E-state index contributed by atoms with van der Waals surface area (Å²) in [7, 11) is 0. The van der Waals surface area contributed by atoms with Gasteiger partial charge in [0.15, 0.2) is 0 Å². The minimum Gasteiger partial charge on any atom is -0.360 e. The second-order valence-electron chi connectivity index (χ2n) is 3.15. The average molecular weight is 161 g/mol. The third-order valence-corrected chi connectivity index (χ3v) is 2.32. The summed E-state index contributed by atoms with van der Waals surface area (Å²) >= 11 is 0. The molecule has 0 saturated heterocycles. The number of aryl methyl sites for hydroxylation is 2. The van der Waals surface area contributed by atoms with Crippen LogP contribution in [-0.2, 0) is 6.42 Å². The Morgan fingerprint density at radius 2 is 2.08 bits per heavy atom. The van der Waals surface area contributed by atoms with Crippen molar-refractivity contribution in [2.24, 2.45) is 0 Å². The largest absolute Gasteiger partial charge is 0.360 e. The van der Waals surface area contributed by atoms with Crippen molar-refractivity contribution in [2.45, 2.75) is 19.8 Å². The van der Waals surface area contributed by atoms with Crippen molar-refractivity contribution in [3.63, 3.8) is 0 Å². The van der Waals surface area contributed by atoms with Gasteiger partial charge in [0.1, 0.15) is 5.76 Å². The third-order valence-electron chi connectivity index (χ3n) is 2.32. The van der Waals surface area contributed by atoms with Crippen LogP contribution in [0.15, 0.2) is 23.3 Å². The Morgan fingerprint density at radius 3 is 2.83 bits per heavy atom. The fraction of sp³-hybridized carbons (Fsp3) is 0.300. The molecule has 12 heavy (non-hydrogen) atoms. The van der Waals surface area contributed by atoms with Crippen molar-refractivity contribution in [3.05, 3.63) is 35.7 Å². The van der Waals surface area contributed by atoms with Crippen LogP contribution in [0.1, 0.15) is 23.4 Å². The molecule has 0 atom stereocenters. The first-order valence-corrected chi connectivity index (χ1v) is 4.02. The number of fused-ring (bicyclic) bond motifs is 1. The Hall–Kier alpha value is -1.31. The predicted molar refractivity (Wildman–Crippen MR) is 47.7 cm³/mol. The molecule has 62 valence electrons. The second-order valence-corrected chi connectivity index (χ2v) is 3.15. The molecule has 1 heterocycles. The molecule has 1 aliphatic rings. The van der Waals surface area contributed by atoms with Crippen LogP contribution in [0.3, 0.4) is 0 Å². The molecular weight excluding hydrogens is 150 g/mol. The van der Waals surface area contributed by atoms with Gasteiger partial charge in [-0.2, -0.15) is 0 Å². The van der Waals surface area contributed by atoms with Gasteiger partial charge >= 0.3 is 0 Å². The summed E-state index contributed by atoms with van der Waals surface area (Å²) in [6, 6.07) is 0. The standard InChI is InChI=1S/C10H11NO/c1-6-4-5-9-10(7(6)2)8(3)11-12-9/h1-2,4-5H2,3H3. The Bertz CT molecular complexity index is 360. The van der Waals surface area contributed by atoms with Gasteiger partial charge in [0, 0.05) is 12.0 Å². The SMILES string of the molecule is C=C1CCc2onc(C)c2C1=C. The van der Waals surface area contributed by atoms with Crippen LogP contribution in [0.4, 0.5) is 0 Å². The van der Waals surface area contributed by atoms with Gasteiger partial charge in [0.05, 0.1) is 5.69 Å². The van der Waals surface area contributed by atoms with Crippen molar-refractivity contribution in [2.75, 3.05) is 0 Å². The summed E-state index contributed by atoms with van der Waals surface area (Å²) in [5, 5.41) is 3.91. The van der Waals surface area contributed by atoms with Gasteiger partial charge in [0.25, 0.3) is 0 Å². The highest BCUT2D eigenvalue weighted by Gasteiger charge is 2.21. The van der Waals surface area contributed by atoms with E-state index in [0.29, 0.717) is 0 Å². The minimum atomic E-state index is 0.911. The Balaban J connectivity index is 2.60. The maximum Gasteiger partial charge on any atom is 0.145 e. The smallest absolute Gasteiger partial charge is 0.145 e. The Labute approximate surface area is 71.6 Å². The number of allylic oxidation sites excluding steroid dienone is 2. The van der Waals surface area contributed by atoms with E-state index in [1.54, 1.807) is 0 Å². The monoisotopic (exact) mass is 161 g/mol. The molecule has 0 amide bonds. The van der Waals surface area contributed by atoms with Gasteiger partial charge in [-0.15, -0.1) is 0 Å². The van der Waals surface area contributed by atoms with E-state index in [1.165, 1.54) is 0 Å². The molecule has 2 nitrogen and oxygen atoms in total. The highest BCUT2D eigenvalue weighted by atomic mass is 16.5. The average Bonchev–Trinajstić information content (AvgIpc) is 2.41. The highest BCUT2D eigenvalue weighted by molar-refractivity contribution is 5.80. The minimum absolute atomic E-state index is 0.911. The molecule has 1 aromatic heterocycles. The van der Waals surface area contributed by atoms with Gasteiger partial charge in [0.2, 0.25) is 0 Å². The van der Waals surface area contributed by atoms with E-state index in [2.05, 4.69) is 18.3 Å². The lowest BCUT2D eigenvalue weighted by molar-refractivity contribution is 0.378. The molecule has 0 fully saturated rings. The molecule has 0 saturated carbocycles. The highest BCUT2D eigenvalue weighted by Crippen LogP contribution is 2.34.